The summed E-state index contributed by atoms with van der Waals surface area (Å²) in [6.07, 6.45) is 9.60. The van der Waals surface area contributed by atoms with Gasteiger partial charge in [-0.15, -0.1) is 0 Å². The SMILES string of the molecule is CC(=O)c1ccc(C2CC2)cc1.CCCC(CC)CCC. The van der Waals surface area contributed by atoms with Crippen LogP contribution in [0.4, 0.5) is 0 Å². The smallest absolute Gasteiger partial charge is 0.159 e. The standard InChI is InChI=1S/C11H12O.C9H20/c1-8(12)9-2-4-10(5-3-9)11-6-7-11;1-4-7-9(6-3)8-5-2/h2-5,11H,6-7H2,1H3;9H,4-8H2,1-3H3. The summed E-state index contributed by atoms with van der Waals surface area (Å²) in [7, 11) is 0. The first-order chi connectivity index (χ1) is 10.1. The van der Waals surface area contributed by atoms with E-state index in [0.717, 1.165) is 17.4 Å². The lowest BCUT2D eigenvalue weighted by atomic mass is 9.96. The fourth-order valence-corrected chi connectivity index (χ4v) is 2.78. The second-order valence-electron chi connectivity index (χ2n) is 6.30. The summed E-state index contributed by atoms with van der Waals surface area (Å²) < 4.78 is 0. The Morgan fingerprint density at radius 2 is 1.57 bits per heavy atom. The number of hydrogen-bond acceptors (Lipinski definition) is 1. The second kappa shape index (κ2) is 9.76. The van der Waals surface area contributed by atoms with Gasteiger partial charge in [0.2, 0.25) is 0 Å². The van der Waals surface area contributed by atoms with Gasteiger partial charge in [0.25, 0.3) is 0 Å². The summed E-state index contributed by atoms with van der Waals surface area (Å²) in [5.41, 5.74) is 2.21. The molecule has 1 aromatic rings. The number of ketones is 1. The molecule has 21 heavy (non-hydrogen) atoms. The normalized spacial score (nSPS) is 13.8. The highest BCUT2D eigenvalue weighted by Crippen LogP contribution is 2.39. The Morgan fingerprint density at radius 1 is 1.05 bits per heavy atom. The van der Waals surface area contributed by atoms with Crippen LogP contribution in [0, 0.1) is 5.92 Å². The summed E-state index contributed by atoms with van der Waals surface area (Å²) in [4.78, 5) is 10.9. The van der Waals surface area contributed by atoms with Gasteiger partial charge >= 0.3 is 0 Å². The number of carbonyl (C=O) groups is 1. The van der Waals surface area contributed by atoms with Gasteiger partial charge in [0.15, 0.2) is 5.78 Å². The Balaban J connectivity index is 0.000000222. The topological polar surface area (TPSA) is 17.1 Å². The molecule has 0 amide bonds. The van der Waals surface area contributed by atoms with Gasteiger partial charge in [-0.05, 0) is 37.2 Å². The van der Waals surface area contributed by atoms with Crippen molar-refractivity contribution in [3.63, 3.8) is 0 Å². The number of carbonyl (C=O) groups excluding carboxylic acids is 1. The summed E-state index contributed by atoms with van der Waals surface area (Å²) >= 11 is 0. The monoisotopic (exact) mass is 288 g/mol. The molecule has 1 heteroatoms. The molecular formula is C20H32O. The van der Waals surface area contributed by atoms with Gasteiger partial charge in [0.05, 0.1) is 0 Å². The quantitative estimate of drug-likeness (QED) is 0.532. The molecule has 1 aliphatic rings. The molecule has 2 rings (SSSR count). The maximum absolute atomic E-state index is 10.9. The van der Waals surface area contributed by atoms with E-state index in [0.29, 0.717) is 0 Å². The molecule has 118 valence electrons. The first-order valence-electron chi connectivity index (χ1n) is 8.73. The van der Waals surface area contributed by atoms with Crippen LogP contribution in [0.1, 0.15) is 94.5 Å². The van der Waals surface area contributed by atoms with Crippen molar-refractivity contribution >= 4 is 5.78 Å². The van der Waals surface area contributed by atoms with Gasteiger partial charge < -0.3 is 0 Å². The molecule has 0 atom stereocenters. The molecule has 0 saturated heterocycles. The van der Waals surface area contributed by atoms with E-state index in [2.05, 4.69) is 32.9 Å². The van der Waals surface area contributed by atoms with Crippen molar-refractivity contribution < 1.29 is 4.79 Å². The molecular weight excluding hydrogens is 256 g/mol. The van der Waals surface area contributed by atoms with Crippen LogP contribution in [-0.4, -0.2) is 5.78 Å². The highest BCUT2D eigenvalue weighted by Gasteiger charge is 2.22. The first-order valence-corrected chi connectivity index (χ1v) is 8.73. The van der Waals surface area contributed by atoms with E-state index in [4.69, 9.17) is 0 Å². The minimum atomic E-state index is 0.150. The largest absolute Gasteiger partial charge is 0.295 e. The molecule has 1 aromatic carbocycles. The Kier molecular flexibility index (Phi) is 8.34. The maximum atomic E-state index is 10.9. The van der Waals surface area contributed by atoms with Crippen molar-refractivity contribution in [1.29, 1.82) is 0 Å². The highest BCUT2D eigenvalue weighted by molar-refractivity contribution is 5.94. The molecule has 0 heterocycles. The second-order valence-corrected chi connectivity index (χ2v) is 6.30. The third-order valence-corrected chi connectivity index (χ3v) is 4.34. The molecule has 0 radical (unpaired) electrons. The van der Waals surface area contributed by atoms with E-state index in [9.17, 15) is 4.79 Å². The average molecular weight is 288 g/mol. The minimum Gasteiger partial charge on any atom is -0.295 e. The van der Waals surface area contributed by atoms with E-state index >= 15 is 0 Å². The lowest BCUT2D eigenvalue weighted by molar-refractivity contribution is 0.101. The Labute approximate surface area is 131 Å². The van der Waals surface area contributed by atoms with Gasteiger partial charge in [0, 0.05) is 5.56 Å². The number of hydrogen-bond donors (Lipinski definition) is 0. The maximum Gasteiger partial charge on any atom is 0.159 e. The third kappa shape index (κ3) is 6.93. The predicted molar refractivity (Wildman–Crippen MR) is 92.0 cm³/mol. The van der Waals surface area contributed by atoms with Gasteiger partial charge in [-0.25, -0.2) is 0 Å². The van der Waals surface area contributed by atoms with E-state index in [1.807, 2.05) is 12.1 Å². The average Bonchev–Trinajstić information content (AvgIpc) is 3.32. The van der Waals surface area contributed by atoms with Crippen LogP contribution >= 0.6 is 0 Å². The van der Waals surface area contributed by atoms with Crippen molar-refractivity contribution in [3.05, 3.63) is 35.4 Å². The zero-order valence-electron chi connectivity index (χ0n) is 14.3. The third-order valence-electron chi connectivity index (χ3n) is 4.34. The van der Waals surface area contributed by atoms with Crippen LogP contribution in [0.25, 0.3) is 0 Å². The Morgan fingerprint density at radius 3 is 1.90 bits per heavy atom. The molecule has 1 nitrogen and oxygen atoms in total. The van der Waals surface area contributed by atoms with Gasteiger partial charge in [-0.3, -0.25) is 4.79 Å². The van der Waals surface area contributed by atoms with Crippen molar-refractivity contribution in [3.8, 4) is 0 Å². The van der Waals surface area contributed by atoms with E-state index in [1.54, 1.807) is 6.92 Å². The summed E-state index contributed by atoms with van der Waals surface area (Å²) in [6, 6.07) is 8.01. The van der Waals surface area contributed by atoms with Crippen LogP contribution in [-0.2, 0) is 0 Å². The lowest BCUT2D eigenvalue weighted by Crippen LogP contribution is -1.96. The van der Waals surface area contributed by atoms with Crippen LogP contribution < -0.4 is 0 Å². The molecule has 1 aliphatic carbocycles. The minimum absolute atomic E-state index is 0.150. The van der Waals surface area contributed by atoms with Crippen molar-refractivity contribution in [2.24, 2.45) is 5.92 Å². The van der Waals surface area contributed by atoms with E-state index < -0.39 is 0 Å². The van der Waals surface area contributed by atoms with Crippen LogP contribution in [0.5, 0.6) is 0 Å². The predicted octanol–water partition coefficient (Wildman–Crippen LogP) is 6.38. The highest BCUT2D eigenvalue weighted by atomic mass is 16.1. The Bertz CT molecular complexity index is 394. The molecule has 0 unspecified atom stereocenters. The number of Topliss-reactive ketones (excluding diaryl/α,β-unsaturated/α-hetero) is 1. The van der Waals surface area contributed by atoms with Crippen LogP contribution in [0.2, 0.25) is 0 Å². The zero-order chi connectivity index (χ0) is 15.7. The molecule has 0 N–H and O–H groups in total. The van der Waals surface area contributed by atoms with Crippen LogP contribution in [0.3, 0.4) is 0 Å². The molecule has 0 spiro atoms. The number of benzene rings is 1. The summed E-state index contributed by atoms with van der Waals surface area (Å²) in [5.74, 6) is 1.95. The molecule has 1 fully saturated rings. The van der Waals surface area contributed by atoms with Crippen LogP contribution in [0.15, 0.2) is 24.3 Å². The fraction of sp³-hybridized carbons (Fsp3) is 0.650. The lowest BCUT2D eigenvalue weighted by Gasteiger charge is -2.10. The van der Waals surface area contributed by atoms with Gasteiger partial charge in [-0.1, -0.05) is 77.1 Å². The van der Waals surface area contributed by atoms with E-state index in [-0.39, 0.29) is 5.78 Å². The van der Waals surface area contributed by atoms with Crippen molar-refractivity contribution in [1.82, 2.24) is 0 Å². The molecule has 0 aromatic heterocycles. The van der Waals surface area contributed by atoms with E-state index in [1.165, 1.54) is 50.5 Å². The van der Waals surface area contributed by atoms with Crippen molar-refractivity contribution in [2.75, 3.05) is 0 Å². The summed E-state index contributed by atoms with van der Waals surface area (Å²) in [6.45, 7) is 8.46. The van der Waals surface area contributed by atoms with Crippen molar-refractivity contribution in [2.45, 2.75) is 78.6 Å². The zero-order valence-corrected chi connectivity index (χ0v) is 14.3. The van der Waals surface area contributed by atoms with Gasteiger partial charge in [0.1, 0.15) is 0 Å². The Hall–Kier alpha value is -1.11. The molecule has 0 aliphatic heterocycles. The molecule has 0 bridgehead atoms. The van der Waals surface area contributed by atoms with Gasteiger partial charge in [-0.2, -0.15) is 0 Å². The summed E-state index contributed by atoms with van der Waals surface area (Å²) in [5, 5.41) is 0. The number of rotatable bonds is 7. The molecule has 1 saturated carbocycles. The fourth-order valence-electron chi connectivity index (χ4n) is 2.78. The first kappa shape index (κ1) is 17.9.